The van der Waals surface area contributed by atoms with Crippen LogP contribution in [0.1, 0.15) is 5.56 Å². The number of H-pyrrole nitrogens is 1. The minimum Gasteiger partial charge on any atom is -0.496 e. The SMILES string of the molecule is C=CC(=O)N1CCc2ccc(-c3c(-c4ccc(N5CCN(C)CC5)cc4)[nH]c4nccc(OC)c34)cc21. The van der Waals surface area contributed by atoms with Crippen molar-refractivity contribution in [2.45, 2.75) is 6.42 Å². The highest BCUT2D eigenvalue weighted by molar-refractivity contribution is 6.07. The number of nitrogens with one attached hydrogen (secondary N) is 1. The summed E-state index contributed by atoms with van der Waals surface area (Å²) in [7, 11) is 3.86. The number of rotatable bonds is 5. The topological polar surface area (TPSA) is 64.7 Å². The standard InChI is InChI=1S/C30H31N5O2/c1-4-26(36)35-14-12-20-5-6-22(19-24(20)35)27-28-25(37-3)11-13-31-30(28)32-29(27)21-7-9-23(10-8-21)34-17-15-33(2)16-18-34/h4-11,13,19H,1,12,14-18H2,2-3H3,(H,31,32). The number of methoxy groups -OCH3 is 1. The van der Waals surface area contributed by atoms with Crippen LogP contribution in [0.3, 0.4) is 0 Å². The number of anilines is 2. The van der Waals surface area contributed by atoms with Crippen LogP contribution in [0.4, 0.5) is 11.4 Å². The fourth-order valence-corrected chi connectivity index (χ4v) is 5.54. The van der Waals surface area contributed by atoms with E-state index in [0.717, 1.165) is 77.5 Å². The van der Waals surface area contributed by atoms with Crippen molar-refractivity contribution in [1.82, 2.24) is 14.9 Å². The molecule has 7 nitrogen and oxygen atoms in total. The average molecular weight is 494 g/mol. The van der Waals surface area contributed by atoms with E-state index in [1.165, 1.54) is 17.3 Å². The number of hydrogen-bond donors (Lipinski definition) is 1. The molecular weight excluding hydrogens is 462 g/mol. The van der Waals surface area contributed by atoms with Gasteiger partial charge in [0.2, 0.25) is 5.91 Å². The minimum atomic E-state index is -0.0752. The molecular formula is C30H31N5O2. The summed E-state index contributed by atoms with van der Waals surface area (Å²) in [6, 6.07) is 17.0. The molecule has 0 radical (unpaired) electrons. The molecule has 0 atom stereocenters. The zero-order valence-electron chi connectivity index (χ0n) is 21.3. The summed E-state index contributed by atoms with van der Waals surface area (Å²) in [6.45, 7) is 8.56. The van der Waals surface area contributed by atoms with Crippen molar-refractivity contribution >= 4 is 28.3 Å². The maximum atomic E-state index is 12.5. The minimum absolute atomic E-state index is 0.0752. The van der Waals surface area contributed by atoms with Crippen LogP contribution >= 0.6 is 0 Å². The summed E-state index contributed by atoms with van der Waals surface area (Å²) >= 11 is 0. The number of carbonyl (C=O) groups is 1. The van der Waals surface area contributed by atoms with E-state index in [1.54, 1.807) is 18.2 Å². The second kappa shape index (κ2) is 9.41. The van der Waals surface area contributed by atoms with E-state index >= 15 is 0 Å². The quantitative estimate of drug-likeness (QED) is 0.407. The third-order valence-corrected chi connectivity index (χ3v) is 7.61. The van der Waals surface area contributed by atoms with Crippen molar-refractivity contribution in [3.63, 3.8) is 0 Å². The molecule has 0 spiro atoms. The van der Waals surface area contributed by atoms with Crippen molar-refractivity contribution < 1.29 is 9.53 Å². The third kappa shape index (κ3) is 4.05. The number of aromatic nitrogens is 2. The van der Waals surface area contributed by atoms with E-state index in [1.807, 2.05) is 6.07 Å². The number of amides is 1. The molecule has 2 aliphatic rings. The molecule has 0 bridgehead atoms. The maximum absolute atomic E-state index is 12.5. The summed E-state index contributed by atoms with van der Waals surface area (Å²) in [5.74, 6) is 0.685. The van der Waals surface area contributed by atoms with Crippen LogP contribution in [0.2, 0.25) is 0 Å². The van der Waals surface area contributed by atoms with E-state index in [9.17, 15) is 4.79 Å². The molecule has 2 aromatic carbocycles. The normalized spacial score (nSPS) is 15.7. The molecule has 7 heteroatoms. The molecule has 2 aliphatic heterocycles. The van der Waals surface area contributed by atoms with E-state index in [-0.39, 0.29) is 5.91 Å². The Morgan fingerprint density at radius 2 is 1.78 bits per heavy atom. The van der Waals surface area contributed by atoms with Crippen molar-refractivity contribution in [1.29, 1.82) is 0 Å². The van der Waals surface area contributed by atoms with Gasteiger partial charge >= 0.3 is 0 Å². The second-order valence-corrected chi connectivity index (χ2v) is 9.74. The Bertz CT molecular complexity index is 1480. The molecule has 0 saturated carbocycles. The molecule has 1 fully saturated rings. The first-order valence-corrected chi connectivity index (χ1v) is 12.7. The summed E-state index contributed by atoms with van der Waals surface area (Å²) in [5, 5.41) is 0.933. The molecule has 37 heavy (non-hydrogen) atoms. The zero-order chi connectivity index (χ0) is 25.5. The lowest BCUT2D eigenvalue weighted by Gasteiger charge is -2.34. The number of pyridine rings is 1. The molecule has 4 heterocycles. The fraction of sp³-hybridized carbons (Fsp3) is 0.267. The highest BCUT2D eigenvalue weighted by Gasteiger charge is 2.26. The number of benzene rings is 2. The lowest BCUT2D eigenvalue weighted by atomic mass is 9.96. The number of hydrogen-bond acceptors (Lipinski definition) is 5. The van der Waals surface area contributed by atoms with E-state index in [0.29, 0.717) is 6.54 Å². The Morgan fingerprint density at radius 1 is 1.03 bits per heavy atom. The molecule has 1 saturated heterocycles. The Balaban J connectivity index is 1.47. The molecule has 6 rings (SSSR count). The van der Waals surface area contributed by atoms with Crippen LogP contribution < -0.4 is 14.5 Å². The van der Waals surface area contributed by atoms with Gasteiger partial charge in [-0.15, -0.1) is 0 Å². The van der Waals surface area contributed by atoms with Crippen molar-refractivity contribution in [2.75, 3.05) is 56.7 Å². The Hall–Kier alpha value is -4.10. The lowest BCUT2D eigenvalue weighted by Crippen LogP contribution is -2.44. The second-order valence-electron chi connectivity index (χ2n) is 9.74. The number of fused-ring (bicyclic) bond motifs is 2. The summed E-state index contributed by atoms with van der Waals surface area (Å²) in [4.78, 5) is 27.3. The van der Waals surface area contributed by atoms with Gasteiger partial charge in [0.05, 0.1) is 18.2 Å². The van der Waals surface area contributed by atoms with E-state index in [2.05, 4.69) is 75.9 Å². The van der Waals surface area contributed by atoms with Gasteiger partial charge in [-0.2, -0.15) is 0 Å². The number of carbonyl (C=O) groups excluding carboxylic acids is 1. The van der Waals surface area contributed by atoms with Gasteiger partial charge in [0, 0.05) is 55.9 Å². The molecule has 1 amide bonds. The number of likely N-dealkylation sites (N-methyl/N-ethyl adjacent to an activating group) is 1. The van der Waals surface area contributed by atoms with Crippen LogP contribution in [0.25, 0.3) is 33.4 Å². The Labute approximate surface area is 217 Å². The van der Waals surface area contributed by atoms with Crippen molar-refractivity contribution in [3.8, 4) is 28.1 Å². The maximum Gasteiger partial charge on any atom is 0.250 e. The first-order chi connectivity index (χ1) is 18.1. The van der Waals surface area contributed by atoms with Crippen LogP contribution in [-0.2, 0) is 11.2 Å². The van der Waals surface area contributed by atoms with Crippen molar-refractivity contribution in [2.24, 2.45) is 0 Å². The largest absolute Gasteiger partial charge is 0.496 e. The summed E-state index contributed by atoms with van der Waals surface area (Å²) in [5.41, 5.74) is 8.21. The zero-order valence-corrected chi connectivity index (χ0v) is 21.3. The third-order valence-electron chi connectivity index (χ3n) is 7.61. The molecule has 4 aromatic rings. The van der Waals surface area contributed by atoms with Gasteiger partial charge < -0.3 is 24.4 Å². The van der Waals surface area contributed by atoms with Gasteiger partial charge in [-0.1, -0.05) is 30.8 Å². The van der Waals surface area contributed by atoms with Crippen LogP contribution in [0.15, 0.2) is 67.4 Å². The summed E-state index contributed by atoms with van der Waals surface area (Å²) < 4.78 is 5.77. The van der Waals surface area contributed by atoms with Crippen LogP contribution in [0, 0.1) is 0 Å². The Morgan fingerprint density at radius 3 is 2.51 bits per heavy atom. The van der Waals surface area contributed by atoms with Gasteiger partial charge in [-0.25, -0.2) is 4.98 Å². The van der Waals surface area contributed by atoms with Gasteiger partial charge in [0.25, 0.3) is 0 Å². The van der Waals surface area contributed by atoms with E-state index in [4.69, 9.17) is 4.74 Å². The number of ether oxygens (including phenoxy) is 1. The van der Waals surface area contributed by atoms with Crippen LogP contribution in [-0.4, -0.2) is 67.7 Å². The number of piperazine rings is 1. The lowest BCUT2D eigenvalue weighted by molar-refractivity contribution is -0.114. The molecule has 0 aliphatic carbocycles. The first-order valence-electron chi connectivity index (χ1n) is 12.7. The van der Waals surface area contributed by atoms with Crippen LogP contribution in [0.5, 0.6) is 5.75 Å². The highest BCUT2D eigenvalue weighted by atomic mass is 16.5. The predicted octanol–water partition coefficient (Wildman–Crippen LogP) is 4.73. The van der Waals surface area contributed by atoms with Crippen molar-refractivity contribution in [3.05, 3.63) is 72.9 Å². The van der Waals surface area contributed by atoms with Gasteiger partial charge in [-0.05, 0) is 60.5 Å². The average Bonchev–Trinajstić information content (AvgIpc) is 3.54. The Kier molecular flexibility index (Phi) is 5.93. The number of aromatic amines is 1. The molecule has 188 valence electrons. The van der Waals surface area contributed by atoms with E-state index < -0.39 is 0 Å². The highest BCUT2D eigenvalue weighted by Crippen LogP contribution is 2.44. The molecule has 1 N–H and O–H groups in total. The van der Waals surface area contributed by atoms with Gasteiger partial charge in [0.1, 0.15) is 11.4 Å². The molecule has 2 aromatic heterocycles. The fourth-order valence-electron chi connectivity index (χ4n) is 5.54. The first kappa shape index (κ1) is 23.3. The summed E-state index contributed by atoms with van der Waals surface area (Å²) in [6.07, 6.45) is 3.98. The monoisotopic (exact) mass is 493 g/mol. The van der Waals surface area contributed by atoms with Gasteiger partial charge in [0.15, 0.2) is 0 Å². The van der Waals surface area contributed by atoms with Gasteiger partial charge in [-0.3, -0.25) is 4.79 Å². The number of nitrogens with zero attached hydrogens (tertiary/aromatic N) is 4. The smallest absolute Gasteiger partial charge is 0.250 e. The molecule has 0 unspecified atom stereocenters. The predicted molar refractivity (Wildman–Crippen MR) is 149 cm³/mol.